The SMILES string of the molecule is CN(C(=O)c1ccc(N)c([N+](=O)[O-])c1)C1CCNC1.Cl. The summed E-state index contributed by atoms with van der Waals surface area (Å²) in [6.45, 7) is 1.63. The van der Waals surface area contributed by atoms with Gasteiger partial charge in [-0.2, -0.15) is 0 Å². The van der Waals surface area contributed by atoms with Gasteiger partial charge in [-0.05, 0) is 25.1 Å². The number of nitrogens with one attached hydrogen (secondary N) is 1. The highest BCUT2D eigenvalue weighted by Crippen LogP contribution is 2.23. The molecule has 110 valence electrons. The second kappa shape index (κ2) is 6.53. The zero-order chi connectivity index (χ0) is 14.0. The van der Waals surface area contributed by atoms with Crippen molar-refractivity contribution in [1.82, 2.24) is 10.2 Å². The average Bonchev–Trinajstić information content (AvgIpc) is 2.91. The molecule has 1 aromatic carbocycles. The number of nitro groups is 1. The fraction of sp³-hybridized carbons (Fsp3) is 0.417. The monoisotopic (exact) mass is 300 g/mol. The van der Waals surface area contributed by atoms with Gasteiger partial charge in [-0.1, -0.05) is 0 Å². The van der Waals surface area contributed by atoms with Gasteiger partial charge >= 0.3 is 0 Å². The van der Waals surface area contributed by atoms with Crippen LogP contribution in [-0.2, 0) is 0 Å². The van der Waals surface area contributed by atoms with Crippen LogP contribution in [-0.4, -0.2) is 41.9 Å². The summed E-state index contributed by atoms with van der Waals surface area (Å²) < 4.78 is 0. The number of nitrogens with two attached hydrogens (primary N) is 1. The third kappa shape index (κ3) is 3.17. The number of hydrogen-bond donors (Lipinski definition) is 2. The van der Waals surface area contributed by atoms with Gasteiger partial charge in [0.05, 0.1) is 4.92 Å². The van der Waals surface area contributed by atoms with Gasteiger partial charge in [0.1, 0.15) is 5.69 Å². The molecule has 1 aliphatic heterocycles. The van der Waals surface area contributed by atoms with Gasteiger partial charge in [0, 0.05) is 31.3 Å². The topological polar surface area (TPSA) is 102 Å². The van der Waals surface area contributed by atoms with E-state index in [1.807, 2.05) is 0 Å². The van der Waals surface area contributed by atoms with E-state index in [9.17, 15) is 14.9 Å². The molecule has 1 saturated heterocycles. The third-order valence-corrected chi connectivity index (χ3v) is 3.38. The minimum Gasteiger partial charge on any atom is -0.393 e. The highest BCUT2D eigenvalue weighted by molar-refractivity contribution is 5.95. The zero-order valence-corrected chi connectivity index (χ0v) is 11.9. The lowest BCUT2D eigenvalue weighted by atomic mass is 10.1. The van der Waals surface area contributed by atoms with Crippen molar-refractivity contribution in [3.05, 3.63) is 33.9 Å². The number of anilines is 1. The van der Waals surface area contributed by atoms with E-state index in [2.05, 4.69) is 5.32 Å². The van der Waals surface area contributed by atoms with Crippen LogP contribution < -0.4 is 11.1 Å². The summed E-state index contributed by atoms with van der Waals surface area (Å²) in [7, 11) is 1.71. The molecule has 1 aliphatic rings. The Bertz CT molecular complexity index is 517. The zero-order valence-electron chi connectivity index (χ0n) is 11.0. The molecule has 0 bridgehead atoms. The number of benzene rings is 1. The number of nitrogen functional groups attached to an aromatic ring is 1. The Kier molecular flexibility index (Phi) is 5.29. The first-order valence-corrected chi connectivity index (χ1v) is 6.02. The number of hydrogen-bond acceptors (Lipinski definition) is 5. The first-order valence-electron chi connectivity index (χ1n) is 6.02. The van der Waals surface area contributed by atoms with Gasteiger partial charge in [0.25, 0.3) is 11.6 Å². The maximum absolute atomic E-state index is 12.3. The third-order valence-electron chi connectivity index (χ3n) is 3.38. The van der Waals surface area contributed by atoms with Crippen LogP contribution in [0.1, 0.15) is 16.8 Å². The van der Waals surface area contributed by atoms with Crippen molar-refractivity contribution in [1.29, 1.82) is 0 Å². The lowest BCUT2D eigenvalue weighted by molar-refractivity contribution is -0.383. The Morgan fingerprint density at radius 2 is 2.25 bits per heavy atom. The minimum absolute atomic E-state index is 0. The Balaban J connectivity index is 0.00000200. The molecule has 3 N–H and O–H groups in total. The van der Waals surface area contributed by atoms with E-state index in [1.54, 1.807) is 11.9 Å². The second-order valence-electron chi connectivity index (χ2n) is 4.59. The summed E-state index contributed by atoms with van der Waals surface area (Å²) in [6, 6.07) is 4.27. The smallest absolute Gasteiger partial charge is 0.292 e. The minimum atomic E-state index is -0.580. The van der Waals surface area contributed by atoms with Gasteiger partial charge in [-0.25, -0.2) is 0 Å². The molecule has 20 heavy (non-hydrogen) atoms. The Hall–Kier alpha value is -1.86. The molecular formula is C12H17ClN4O3. The standard InChI is InChI=1S/C12H16N4O3.ClH/c1-15(9-4-5-14-7-9)12(17)8-2-3-10(13)11(6-8)16(18)19;/h2-3,6,9,14H,4-5,7,13H2,1H3;1H. The molecule has 1 aromatic rings. The Morgan fingerprint density at radius 1 is 1.55 bits per heavy atom. The maximum atomic E-state index is 12.3. The highest BCUT2D eigenvalue weighted by Gasteiger charge is 2.25. The molecule has 1 fully saturated rings. The quantitative estimate of drug-likeness (QED) is 0.493. The molecule has 1 unspecified atom stereocenters. The fourth-order valence-electron chi connectivity index (χ4n) is 2.17. The molecule has 0 spiro atoms. The number of nitro benzene ring substituents is 1. The largest absolute Gasteiger partial charge is 0.393 e. The molecule has 1 heterocycles. The Morgan fingerprint density at radius 3 is 2.80 bits per heavy atom. The lowest BCUT2D eigenvalue weighted by Gasteiger charge is -2.23. The molecule has 7 nitrogen and oxygen atoms in total. The second-order valence-corrected chi connectivity index (χ2v) is 4.59. The van der Waals surface area contributed by atoms with E-state index < -0.39 is 4.92 Å². The molecule has 2 rings (SSSR count). The highest BCUT2D eigenvalue weighted by atomic mass is 35.5. The van der Waals surface area contributed by atoms with Crippen molar-refractivity contribution in [2.45, 2.75) is 12.5 Å². The van der Waals surface area contributed by atoms with Crippen LogP contribution in [0.5, 0.6) is 0 Å². The van der Waals surface area contributed by atoms with E-state index in [4.69, 9.17) is 5.73 Å². The molecule has 1 atom stereocenters. The van der Waals surface area contributed by atoms with Crippen LogP contribution in [0.2, 0.25) is 0 Å². The molecule has 0 radical (unpaired) electrons. The van der Waals surface area contributed by atoms with E-state index >= 15 is 0 Å². The van der Waals surface area contributed by atoms with Crippen molar-refractivity contribution >= 4 is 29.7 Å². The number of nitrogens with zero attached hydrogens (tertiary/aromatic N) is 2. The summed E-state index contributed by atoms with van der Waals surface area (Å²) >= 11 is 0. The normalized spacial score (nSPS) is 17.4. The van der Waals surface area contributed by atoms with Gasteiger partial charge in [0.2, 0.25) is 0 Å². The summed E-state index contributed by atoms with van der Waals surface area (Å²) in [5.74, 6) is -0.225. The number of carbonyl (C=O) groups excluding carboxylic acids is 1. The molecule has 0 aliphatic carbocycles. The van der Waals surface area contributed by atoms with E-state index in [0.717, 1.165) is 19.5 Å². The average molecular weight is 301 g/mol. The molecule has 8 heteroatoms. The van der Waals surface area contributed by atoms with Crippen LogP contribution in [0, 0.1) is 10.1 Å². The van der Waals surface area contributed by atoms with Crippen molar-refractivity contribution < 1.29 is 9.72 Å². The van der Waals surface area contributed by atoms with Crippen molar-refractivity contribution in [3.8, 4) is 0 Å². The van der Waals surface area contributed by atoms with Gasteiger partial charge in [-0.15, -0.1) is 12.4 Å². The number of halogens is 1. The summed E-state index contributed by atoms with van der Waals surface area (Å²) in [4.78, 5) is 24.1. The molecular weight excluding hydrogens is 284 g/mol. The van der Waals surface area contributed by atoms with Crippen LogP contribution in [0.15, 0.2) is 18.2 Å². The van der Waals surface area contributed by atoms with E-state index in [0.29, 0.717) is 0 Å². The van der Waals surface area contributed by atoms with Crippen molar-refractivity contribution in [2.24, 2.45) is 0 Å². The summed E-state index contributed by atoms with van der Waals surface area (Å²) in [5.41, 5.74) is 5.63. The number of amides is 1. The van der Waals surface area contributed by atoms with Crippen molar-refractivity contribution in [3.63, 3.8) is 0 Å². The number of likely N-dealkylation sites (N-methyl/N-ethyl adjacent to an activating group) is 1. The van der Waals surface area contributed by atoms with Gasteiger partial charge < -0.3 is 16.0 Å². The van der Waals surface area contributed by atoms with Crippen LogP contribution in [0.4, 0.5) is 11.4 Å². The first kappa shape index (κ1) is 16.2. The van der Waals surface area contributed by atoms with Crippen molar-refractivity contribution in [2.75, 3.05) is 25.9 Å². The fourth-order valence-corrected chi connectivity index (χ4v) is 2.17. The number of rotatable bonds is 3. The lowest BCUT2D eigenvalue weighted by Crippen LogP contribution is -2.38. The Labute approximate surface area is 122 Å². The maximum Gasteiger partial charge on any atom is 0.292 e. The predicted octanol–water partition coefficient (Wildman–Crippen LogP) is 1.03. The van der Waals surface area contributed by atoms with E-state index in [1.165, 1.54) is 18.2 Å². The molecule has 0 aromatic heterocycles. The van der Waals surface area contributed by atoms with Gasteiger partial charge in [-0.3, -0.25) is 14.9 Å². The summed E-state index contributed by atoms with van der Waals surface area (Å²) in [6.07, 6.45) is 0.888. The first-order chi connectivity index (χ1) is 9.00. The molecule has 0 saturated carbocycles. The van der Waals surface area contributed by atoms with Gasteiger partial charge in [0.15, 0.2) is 0 Å². The van der Waals surface area contributed by atoms with Crippen LogP contribution >= 0.6 is 12.4 Å². The molecule has 1 amide bonds. The van der Waals surface area contributed by atoms with E-state index in [-0.39, 0.29) is 41.3 Å². The van der Waals surface area contributed by atoms with Crippen LogP contribution in [0.3, 0.4) is 0 Å². The predicted molar refractivity (Wildman–Crippen MR) is 78.1 cm³/mol. The number of carbonyl (C=O) groups is 1. The summed E-state index contributed by atoms with van der Waals surface area (Å²) in [5, 5.41) is 14.0. The van der Waals surface area contributed by atoms with Crippen LogP contribution in [0.25, 0.3) is 0 Å².